The maximum atomic E-state index is 5.87. The van der Waals surface area contributed by atoms with Crippen molar-refractivity contribution in [2.75, 3.05) is 0 Å². The second-order valence-electron chi connectivity index (χ2n) is 5.10. The van der Waals surface area contributed by atoms with Gasteiger partial charge in [0.15, 0.2) is 0 Å². The number of hydrogen-bond acceptors (Lipinski definition) is 1. The second-order valence-corrected chi connectivity index (χ2v) is 5.54. The Morgan fingerprint density at radius 2 is 1.75 bits per heavy atom. The van der Waals surface area contributed by atoms with E-state index in [1.165, 1.54) is 37.7 Å². The van der Waals surface area contributed by atoms with E-state index in [2.05, 4.69) is 24.4 Å². The number of hydrogen-bond donors (Lipinski definition) is 1. The molecule has 1 fully saturated rings. The molecule has 1 N–H and O–H groups in total. The molecule has 88 valence electrons. The van der Waals surface area contributed by atoms with Crippen LogP contribution in [0.5, 0.6) is 0 Å². The van der Waals surface area contributed by atoms with Crippen LogP contribution in [0.4, 0.5) is 0 Å². The molecule has 1 nitrogen and oxygen atoms in total. The van der Waals surface area contributed by atoms with E-state index in [1.807, 2.05) is 12.1 Å². The van der Waals surface area contributed by atoms with E-state index in [1.54, 1.807) is 0 Å². The Morgan fingerprint density at radius 3 is 2.38 bits per heavy atom. The Hall–Kier alpha value is -0.530. The fraction of sp³-hybridized carbons (Fsp3) is 0.571. The van der Waals surface area contributed by atoms with E-state index in [4.69, 9.17) is 11.6 Å². The molecule has 0 spiro atoms. The number of rotatable bonds is 3. The van der Waals surface area contributed by atoms with Crippen LogP contribution in [0.1, 0.15) is 44.6 Å². The molecule has 2 rings (SSSR count). The normalized spacial score (nSPS) is 19.6. The molecule has 0 amide bonds. The van der Waals surface area contributed by atoms with Crippen LogP contribution in [0.25, 0.3) is 0 Å². The first-order valence-corrected chi connectivity index (χ1v) is 6.55. The molecule has 1 aromatic rings. The van der Waals surface area contributed by atoms with Gasteiger partial charge in [-0.05, 0) is 37.5 Å². The summed E-state index contributed by atoms with van der Waals surface area (Å²) in [4.78, 5) is 0. The van der Waals surface area contributed by atoms with Crippen molar-refractivity contribution in [2.24, 2.45) is 0 Å². The minimum Gasteiger partial charge on any atom is -0.307 e. The quantitative estimate of drug-likeness (QED) is 0.833. The highest BCUT2D eigenvalue weighted by molar-refractivity contribution is 6.30. The lowest BCUT2D eigenvalue weighted by atomic mass is 9.83. The van der Waals surface area contributed by atoms with Gasteiger partial charge in [0.25, 0.3) is 0 Å². The molecule has 2 heteroatoms. The Kier molecular flexibility index (Phi) is 3.88. The molecule has 0 aliphatic heterocycles. The molecular formula is C14H20ClN. The number of halogens is 1. The van der Waals surface area contributed by atoms with Crippen molar-refractivity contribution in [3.63, 3.8) is 0 Å². The van der Waals surface area contributed by atoms with Crippen molar-refractivity contribution < 1.29 is 0 Å². The van der Waals surface area contributed by atoms with Crippen LogP contribution in [-0.4, -0.2) is 5.54 Å². The number of nitrogens with one attached hydrogen (secondary N) is 1. The van der Waals surface area contributed by atoms with Gasteiger partial charge in [0, 0.05) is 17.1 Å². The molecule has 0 saturated heterocycles. The summed E-state index contributed by atoms with van der Waals surface area (Å²) in [6.45, 7) is 3.30. The summed E-state index contributed by atoms with van der Waals surface area (Å²) in [5.41, 5.74) is 1.66. The highest BCUT2D eigenvalue weighted by Crippen LogP contribution is 2.27. The summed E-state index contributed by atoms with van der Waals surface area (Å²) in [6.07, 6.45) is 6.74. The smallest absolute Gasteiger partial charge is 0.0406 e. The van der Waals surface area contributed by atoms with Gasteiger partial charge in [-0.2, -0.15) is 0 Å². The third kappa shape index (κ3) is 3.23. The lowest BCUT2D eigenvalue weighted by Gasteiger charge is -2.34. The fourth-order valence-corrected chi connectivity index (χ4v) is 2.55. The van der Waals surface area contributed by atoms with Crippen LogP contribution < -0.4 is 5.32 Å². The third-order valence-electron chi connectivity index (χ3n) is 3.59. The maximum absolute atomic E-state index is 5.87. The minimum absolute atomic E-state index is 0.345. The van der Waals surface area contributed by atoms with E-state index >= 15 is 0 Å². The maximum Gasteiger partial charge on any atom is 0.0406 e. The minimum atomic E-state index is 0.345. The van der Waals surface area contributed by atoms with Crippen LogP contribution >= 0.6 is 11.6 Å². The van der Waals surface area contributed by atoms with Gasteiger partial charge >= 0.3 is 0 Å². The van der Waals surface area contributed by atoms with Crippen LogP contribution in [0, 0.1) is 0 Å². The second kappa shape index (κ2) is 5.20. The summed E-state index contributed by atoms with van der Waals surface area (Å²) >= 11 is 5.87. The van der Waals surface area contributed by atoms with Crippen molar-refractivity contribution in [3.05, 3.63) is 34.9 Å². The van der Waals surface area contributed by atoms with Gasteiger partial charge in [0.2, 0.25) is 0 Å². The number of benzene rings is 1. The highest BCUT2D eigenvalue weighted by atomic mass is 35.5. The van der Waals surface area contributed by atoms with Gasteiger partial charge in [-0.25, -0.2) is 0 Å². The highest BCUT2D eigenvalue weighted by Gasteiger charge is 2.25. The molecule has 1 aliphatic carbocycles. The predicted octanol–water partition coefficient (Wildman–Crippen LogP) is 4.15. The summed E-state index contributed by atoms with van der Waals surface area (Å²) in [7, 11) is 0. The van der Waals surface area contributed by atoms with Crippen LogP contribution in [0.2, 0.25) is 5.02 Å². The molecule has 0 radical (unpaired) electrons. The largest absolute Gasteiger partial charge is 0.307 e. The zero-order valence-corrected chi connectivity index (χ0v) is 10.7. The predicted molar refractivity (Wildman–Crippen MR) is 69.8 cm³/mol. The summed E-state index contributed by atoms with van der Waals surface area (Å²) < 4.78 is 0. The van der Waals surface area contributed by atoms with E-state index in [0.717, 1.165) is 11.6 Å². The zero-order valence-electron chi connectivity index (χ0n) is 9.93. The van der Waals surface area contributed by atoms with Gasteiger partial charge in [0.05, 0.1) is 0 Å². The first-order valence-electron chi connectivity index (χ1n) is 6.17. The van der Waals surface area contributed by atoms with E-state index in [0.29, 0.717) is 5.54 Å². The molecule has 0 heterocycles. The SMILES string of the molecule is CC1(NCc2ccc(Cl)cc2)CCCCC1. The fourth-order valence-electron chi connectivity index (χ4n) is 2.43. The molecule has 0 aromatic heterocycles. The van der Waals surface area contributed by atoms with Crippen molar-refractivity contribution in [2.45, 2.75) is 51.1 Å². The Labute approximate surface area is 103 Å². The molecule has 0 bridgehead atoms. The average Bonchev–Trinajstić information content (AvgIpc) is 2.29. The lowest BCUT2D eigenvalue weighted by molar-refractivity contribution is 0.252. The first kappa shape index (κ1) is 11.9. The van der Waals surface area contributed by atoms with Gasteiger partial charge < -0.3 is 5.32 Å². The van der Waals surface area contributed by atoms with Gasteiger partial charge in [-0.3, -0.25) is 0 Å². The van der Waals surface area contributed by atoms with Crippen molar-refractivity contribution in [1.29, 1.82) is 0 Å². The van der Waals surface area contributed by atoms with Crippen LogP contribution in [-0.2, 0) is 6.54 Å². The average molecular weight is 238 g/mol. The first-order chi connectivity index (χ1) is 7.68. The van der Waals surface area contributed by atoms with Crippen molar-refractivity contribution >= 4 is 11.6 Å². The third-order valence-corrected chi connectivity index (χ3v) is 3.84. The Morgan fingerprint density at radius 1 is 1.12 bits per heavy atom. The van der Waals surface area contributed by atoms with E-state index in [9.17, 15) is 0 Å². The van der Waals surface area contributed by atoms with Gasteiger partial charge in [-0.15, -0.1) is 0 Å². The molecular weight excluding hydrogens is 218 g/mol. The van der Waals surface area contributed by atoms with Crippen molar-refractivity contribution in [3.8, 4) is 0 Å². The molecule has 1 saturated carbocycles. The van der Waals surface area contributed by atoms with E-state index in [-0.39, 0.29) is 0 Å². The van der Waals surface area contributed by atoms with Gasteiger partial charge in [-0.1, -0.05) is 43.0 Å². The molecule has 0 unspecified atom stereocenters. The zero-order chi connectivity index (χ0) is 11.4. The van der Waals surface area contributed by atoms with Crippen LogP contribution in [0.15, 0.2) is 24.3 Å². The monoisotopic (exact) mass is 237 g/mol. The Balaban J connectivity index is 1.88. The molecule has 1 aliphatic rings. The lowest BCUT2D eigenvalue weighted by Crippen LogP contribution is -2.43. The molecule has 0 atom stereocenters. The Bertz CT molecular complexity index is 325. The van der Waals surface area contributed by atoms with E-state index < -0.39 is 0 Å². The summed E-state index contributed by atoms with van der Waals surface area (Å²) in [5.74, 6) is 0. The van der Waals surface area contributed by atoms with Crippen LogP contribution in [0.3, 0.4) is 0 Å². The standard InChI is InChI=1S/C14H20ClN/c1-14(9-3-2-4-10-14)16-11-12-5-7-13(15)8-6-12/h5-8,16H,2-4,9-11H2,1H3. The summed E-state index contributed by atoms with van der Waals surface area (Å²) in [5, 5.41) is 4.50. The van der Waals surface area contributed by atoms with Crippen molar-refractivity contribution in [1.82, 2.24) is 5.32 Å². The topological polar surface area (TPSA) is 12.0 Å². The summed E-state index contributed by atoms with van der Waals surface area (Å²) in [6, 6.07) is 8.12. The molecule has 16 heavy (non-hydrogen) atoms. The molecule has 1 aromatic carbocycles. The van der Waals surface area contributed by atoms with Gasteiger partial charge in [0.1, 0.15) is 0 Å².